The quantitative estimate of drug-likeness (QED) is 0.839. The maximum Gasteiger partial charge on any atom is 0.410 e. The van der Waals surface area contributed by atoms with Gasteiger partial charge in [0.1, 0.15) is 5.60 Å². The topological polar surface area (TPSA) is 46.8 Å². The smallest absolute Gasteiger partial charge is 0.410 e. The van der Waals surface area contributed by atoms with Crippen molar-refractivity contribution < 1.29 is 9.53 Å². The zero-order chi connectivity index (χ0) is 16.3. The normalized spacial score (nSPS) is 17.9. The molecule has 2 heterocycles. The molecular formula is C16H27N3O2S. The van der Waals surface area contributed by atoms with Crippen LogP contribution in [0.1, 0.15) is 38.5 Å². The average Bonchev–Trinajstić information content (AvgIpc) is 2.77. The summed E-state index contributed by atoms with van der Waals surface area (Å²) in [5.74, 6) is 0.641. The van der Waals surface area contributed by atoms with Crippen molar-refractivity contribution >= 4 is 17.4 Å². The maximum atomic E-state index is 12.1. The zero-order valence-corrected chi connectivity index (χ0v) is 15.1. The van der Waals surface area contributed by atoms with Gasteiger partial charge in [-0.15, -0.1) is 11.3 Å². The van der Waals surface area contributed by atoms with Gasteiger partial charge in [-0.05, 0) is 46.0 Å². The van der Waals surface area contributed by atoms with E-state index in [1.54, 1.807) is 11.3 Å². The Morgan fingerprint density at radius 1 is 1.41 bits per heavy atom. The summed E-state index contributed by atoms with van der Waals surface area (Å²) in [4.78, 5) is 20.6. The van der Waals surface area contributed by atoms with Crippen LogP contribution in [0.5, 0.6) is 0 Å². The highest BCUT2D eigenvalue weighted by molar-refractivity contribution is 7.09. The summed E-state index contributed by atoms with van der Waals surface area (Å²) in [6, 6.07) is 0. The van der Waals surface area contributed by atoms with Crippen molar-refractivity contribution in [2.24, 2.45) is 18.0 Å². The molecule has 6 heteroatoms. The van der Waals surface area contributed by atoms with Gasteiger partial charge in [0.25, 0.3) is 0 Å². The first-order chi connectivity index (χ1) is 10.3. The number of rotatable bonds is 2. The van der Waals surface area contributed by atoms with Crippen molar-refractivity contribution in [3.05, 3.63) is 15.9 Å². The van der Waals surface area contributed by atoms with Crippen LogP contribution in [0.3, 0.4) is 0 Å². The second-order valence-corrected chi connectivity index (χ2v) is 8.02. The lowest BCUT2D eigenvalue weighted by Crippen LogP contribution is -2.42. The number of aryl methyl sites for hydroxylation is 1. The Kier molecular flexibility index (Phi) is 5.32. The van der Waals surface area contributed by atoms with Crippen LogP contribution in [-0.4, -0.2) is 41.3 Å². The molecule has 0 aromatic carbocycles. The molecule has 1 saturated heterocycles. The van der Waals surface area contributed by atoms with Crippen LogP contribution in [0.4, 0.5) is 4.79 Å². The Balaban J connectivity index is 1.85. The first kappa shape index (κ1) is 17.1. The van der Waals surface area contributed by atoms with Crippen LogP contribution in [0.25, 0.3) is 0 Å². The third kappa shape index (κ3) is 4.60. The number of likely N-dealkylation sites (tertiary alicyclic amines) is 1. The SMILES string of the molecule is C/N=c1/sc(CC2CCN(C(=O)OC(C)(C)C)CC2)cn1C. The summed E-state index contributed by atoms with van der Waals surface area (Å²) < 4.78 is 7.52. The van der Waals surface area contributed by atoms with Gasteiger partial charge in [0.05, 0.1) is 0 Å². The molecule has 1 aliphatic rings. The minimum absolute atomic E-state index is 0.180. The zero-order valence-electron chi connectivity index (χ0n) is 14.3. The summed E-state index contributed by atoms with van der Waals surface area (Å²) in [6.45, 7) is 7.31. The van der Waals surface area contributed by atoms with Crippen LogP contribution in [0, 0.1) is 5.92 Å². The minimum atomic E-state index is -0.417. The molecule has 0 radical (unpaired) electrons. The second-order valence-electron chi connectivity index (χ2n) is 6.93. The minimum Gasteiger partial charge on any atom is -0.444 e. The highest BCUT2D eigenvalue weighted by atomic mass is 32.1. The van der Waals surface area contributed by atoms with Crippen LogP contribution in [-0.2, 0) is 18.2 Å². The fraction of sp³-hybridized carbons (Fsp3) is 0.750. The summed E-state index contributed by atoms with van der Waals surface area (Å²) in [5.41, 5.74) is -0.417. The fourth-order valence-electron chi connectivity index (χ4n) is 2.72. The first-order valence-corrected chi connectivity index (χ1v) is 8.66. The van der Waals surface area contributed by atoms with Crippen molar-refractivity contribution in [1.29, 1.82) is 0 Å². The molecule has 0 N–H and O–H groups in total. The van der Waals surface area contributed by atoms with E-state index < -0.39 is 5.60 Å². The molecule has 1 aromatic rings. The standard InChI is InChI=1S/C16H27N3O2S/c1-16(2,3)21-15(20)19-8-6-12(7-9-19)10-13-11-18(5)14(17-4)22-13/h11-12H,6-10H2,1-5H3/b17-14+. The third-order valence-electron chi connectivity index (χ3n) is 3.81. The fourth-order valence-corrected chi connectivity index (χ4v) is 3.77. The molecule has 0 atom stereocenters. The van der Waals surface area contributed by atoms with Crippen LogP contribution >= 0.6 is 11.3 Å². The summed E-state index contributed by atoms with van der Waals surface area (Å²) in [5, 5.41) is 0. The van der Waals surface area contributed by atoms with Crippen molar-refractivity contribution in [2.45, 2.75) is 45.6 Å². The summed E-state index contributed by atoms with van der Waals surface area (Å²) in [7, 11) is 3.86. The number of nitrogens with zero attached hydrogens (tertiary/aromatic N) is 3. The molecule has 1 aliphatic heterocycles. The monoisotopic (exact) mass is 325 g/mol. The molecule has 0 saturated carbocycles. The summed E-state index contributed by atoms with van der Waals surface area (Å²) >= 11 is 1.76. The molecule has 22 heavy (non-hydrogen) atoms. The number of piperidine rings is 1. The van der Waals surface area contributed by atoms with Gasteiger partial charge < -0.3 is 14.2 Å². The van der Waals surface area contributed by atoms with Gasteiger partial charge in [-0.1, -0.05) is 0 Å². The van der Waals surface area contributed by atoms with Gasteiger partial charge >= 0.3 is 6.09 Å². The van der Waals surface area contributed by atoms with Crippen molar-refractivity contribution in [3.63, 3.8) is 0 Å². The van der Waals surface area contributed by atoms with Gasteiger partial charge in [-0.3, -0.25) is 4.99 Å². The Morgan fingerprint density at radius 2 is 2.05 bits per heavy atom. The molecule has 0 aliphatic carbocycles. The number of amides is 1. The lowest BCUT2D eigenvalue weighted by Gasteiger charge is -2.33. The third-order valence-corrected chi connectivity index (χ3v) is 5.00. The number of ether oxygens (including phenoxy) is 1. The highest BCUT2D eigenvalue weighted by Gasteiger charge is 2.27. The van der Waals surface area contributed by atoms with Gasteiger partial charge in [0, 0.05) is 38.3 Å². The Labute approximate surface area is 136 Å². The van der Waals surface area contributed by atoms with Crippen LogP contribution in [0.15, 0.2) is 11.2 Å². The Morgan fingerprint density at radius 3 is 2.55 bits per heavy atom. The molecule has 5 nitrogen and oxygen atoms in total. The van der Waals surface area contributed by atoms with Gasteiger partial charge in [0.2, 0.25) is 0 Å². The molecule has 0 bridgehead atoms. The lowest BCUT2D eigenvalue weighted by molar-refractivity contribution is 0.0184. The molecule has 1 fully saturated rings. The van der Waals surface area contributed by atoms with E-state index in [1.165, 1.54) is 4.88 Å². The Hall–Kier alpha value is -1.30. The second kappa shape index (κ2) is 6.86. The number of thiazole rings is 1. The van der Waals surface area contributed by atoms with Gasteiger partial charge in [0.15, 0.2) is 4.80 Å². The average molecular weight is 325 g/mol. The largest absolute Gasteiger partial charge is 0.444 e. The van der Waals surface area contributed by atoms with Crippen molar-refractivity contribution in [3.8, 4) is 0 Å². The highest BCUT2D eigenvalue weighted by Crippen LogP contribution is 2.23. The summed E-state index contributed by atoms with van der Waals surface area (Å²) in [6.07, 6.45) is 5.16. The first-order valence-electron chi connectivity index (χ1n) is 7.84. The molecule has 1 amide bonds. The molecule has 0 spiro atoms. The Bertz CT molecular complexity index is 575. The number of carbonyl (C=O) groups is 1. The van der Waals surface area contributed by atoms with Gasteiger partial charge in [-0.2, -0.15) is 0 Å². The van der Waals surface area contributed by atoms with Crippen LogP contribution < -0.4 is 4.80 Å². The van der Waals surface area contributed by atoms with E-state index in [4.69, 9.17) is 4.74 Å². The molecular weight excluding hydrogens is 298 g/mol. The predicted molar refractivity (Wildman–Crippen MR) is 89.0 cm³/mol. The van der Waals surface area contributed by atoms with Gasteiger partial charge in [-0.25, -0.2) is 4.79 Å². The molecule has 1 aromatic heterocycles. The maximum absolute atomic E-state index is 12.1. The van der Waals surface area contributed by atoms with E-state index in [2.05, 4.69) is 15.8 Å². The van der Waals surface area contributed by atoms with E-state index in [9.17, 15) is 4.79 Å². The predicted octanol–water partition coefficient (Wildman–Crippen LogP) is 2.81. The molecule has 0 unspecified atom stereocenters. The van der Waals surface area contributed by atoms with Crippen molar-refractivity contribution in [1.82, 2.24) is 9.47 Å². The molecule has 124 valence electrons. The molecule has 2 rings (SSSR count). The number of carbonyl (C=O) groups excluding carboxylic acids is 1. The van der Waals surface area contributed by atoms with E-state index in [-0.39, 0.29) is 6.09 Å². The van der Waals surface area contributed by atoms with E-state index in [0.717, 1.165) is 37.2 Å². The van der Waals surface area contributed by atoms with E-state index in [1.807, 2.05) is 39.8 Å². The number of hydrogen-bond acceptors (Lipinski definition) is 4. The lowest BCUT2D eigenvalue weighted by atomic mass is 9.93. The van der Waals surface area contributed by atoms with E-state index in [0.29, 0.717) is 5.92 Å². The number of aromatic nitrogens is 1. The number of hydrogen-bond donors (Lipinski definition) is 0. The van der Waals surface area contributed by atoms with Crippen LogP contribution in [0.2, 0.25) is 0 Å². The van der Waals surface area contributed by atoms with E-state index >= 15 is 0 Å². The van der Waals surface area contributed by atoms with Crippen molar-refractivity contribution in [2.75, 3.05) is 20.1 Å².